The standard InChI is InChI=1S/C19H22N2O2S/c1-13-2-3-18-16(6-13)11-24(22,23)12-17(18)8-14-7-15-10-20-5-4-19(15)21-9-14/h2-3,6-7,9,17,20H,4-5,8,10-12H2,1H3. The van der Waals surface area contributed by atoms with E-state index in [-0.39, 0.29) is 17.4 Å². The van der Waals surface area contributed by atoms with E-state index in [0.29, 0.717) is 0 Å². The summed E-state index contributed by atoms with van der Waals surface area (Å²) in [5.41, 5.74) is 6.83. The first-order chi connectivity index (χ1) is 11.5. The number of nitrogens with one attached hydrogen (secondary N) is 1. The normalized spacial score (nSPS) is 21.8. The second kappa shape index (κ2) is 5.97. The molecule has 1 N–H and O–H groups in total. The first-order valence-electron chi connectivity index (χ1n) is 8.47. The van der Waals surface area contributed by atoms with Gasteiger partial charge in [0.05, 0.1) is 11.5 Å². The number of fused-ring (bicyclic) bond motifs is 2. The van der Waals surface area contributed by atoms with E-state index in [0.717, 1.165) is 42.6 Å². The number of nitrogens with zero attached hydrogens (tertiary/aromatic N) is 1. The van der Waals surface area contributed by atoms with Gasteiger partial charge in [-0.15, -0.1) is 0 Å². The molecule has 0 amide bonds. The van der Waals surface area contributed by atoms with Crippen LogP contribution in [-0.2, 0) is 35.0 Å². The summed E-state index contributed by atoms with van der Waals surface area (Å²) in [7, 11) is -3.03. The summed E-state index contributed by atoms with van der Waals surface area (Å²) in [6, 6.07) is 8.41. The fourth-order valence-corrected chi connectivity index (χ4v) is 5.66. The van der Waals surface area contributed by atoms with Crippen LogP contribution < -0.4 is 5.32 Å². The maximum Gasteiger partial charge on any atom is 0.155 e. The minimum Gasteiger partial charge on any atom is -0.312 e. The van der Waals surface area contributed by atoms with Gasteiger partial charge in [-0.1, -0.05) is 29.8 Å². The third-order valence-electron chi connectivity index (χ3n) is 5.02. The molecule has 0 saturated heterocycles. The Morgan fingerprint density at radius 1 is 1.25 bits per heavy atom. The van der Waals surface area contributed by atoms with Gasteiger partial charge in [-0.2, -0.15) is 0 Å². The molecule has 1 aromatic carbocycles. The number of hydrogen-bond acceptors (Lipinski definition) is 4. The first-order valence-corrected chi connectivity index (χ1v) is 10.3. The van der Waals surface area contributed by atoms with Gasteiger partial charge in [0.25, 0.3) is 0 Å². The van der Waals surface area contributed by atoms with Crippen LogP contribution in [0.15, 0.2) is 30.5 Å². The van der Waals surface area contributed by atoms with Crippen molar-refractivity contribution in [3.05, 3.63) is 64.0 Å². The zero-order chi connectivity index (χ0) is 16.7. The highest BCUT2D eigenvalue weighted by Crippen LogP contribution is 2.33. The van der Waals surface area contributed by atoms with E-state index in [2.05, 4.69) is 28.5 Å². The third kappa shape index (κ3) is 3.10. The second-order valence-electron chi connectivity index (χ2n) is 7.03. The van der Waals surface area contributed by atoms with Crippen LogP contribution in [-0.4, -0.2) is 25.7 Å². The SMILES string of the molecule is Cc1ccc2c(c1)CS(=O)(=O)CC2Cc1cnc2c(c1)CNCC2. The van der Waals surface area contributed by atoms with E-state index < -0.39 is 9.84 Å². The zero-order valence-corrected chi connectivity index (χ0v) is 14.7. The number of rotatable bonds is 2. The smallest absolute Gasteiger partial charge is 0.155 e. The van der Waals surface area contributed by atoms with Gasteiger partial charge in [0.1, 0.15) is 0 Å². The maximum absolute atomic E-state index is 12.3. The summed E-state index contributed by atoms with van der Waals surface area (Å²) >= 11 is 0. The lowest BCUT2D eigenvalue weighted by Gasteiger charge is -2.26. The van der Waals surface area contributed by atoms with E-state index in [1.165, 1.54) is 16.8 Å². The molecule has 2 aliphatic heterocycles. The summed E-state index contributed by atoms with van der Waals surface area (Å²) < 4.78 is 24.7. The average Bonchev–Trinajstić information content (AvgIpc) is 2.53. The van der Waals surface area contributed by atoms with Crippen molar-refractivity contribution in [2.75, 3.05) is 12.3 Å². The van der Waals surface area contributed by atoms with Crippen LogP contribution in [0.1, 0.15) is 39.4 Å². The van der Waals surface area contributed by atoms with Crippen molar-refractivity contribution < 1.29 is 8.42 Å². The lowest BCUT2D eigenvalue weighted by molar-refractivity contribution is 0.578. The van der Waals surface area contributed by atoms with Gasteiger partial charge in [0.2, 0.25) is 0 Å². The molecular formula is C19H22N2O2S. The Hall–Kier alpha value is -1.72. The topological polar surface area (TPSA) is 59.1 Å². The Kier molecular flexibility index (Phi) is 3.93. The zero-order valence-electron chi connectivity index (χ0n) is 13.9. The Morgan fingerprint density at radius 3 is 3.00 bits per heavy atom. The van der Waals surface area contributed by atoms with E-state index in [1.807, 2.05) is 19.2 Å². The molecule has 0 saturated carbocycles. The van der Waals surface area contributed by atoms with Gasteiger partial charge >= 0.3 is 0 Å². The number of sulfone groups is 1. The van der Waals surface area contributed by atoms with Gasteiger partial charge in [-0.25, -0.2) is 8.42 Å². The van der Waals surface area contributed by atoms with Crippen molar-refractivity contribution in [2.24, 2.45) is 0 Å². The second-order valence-corrected chi connectivity index (χ2v) is 9.14. The molecule has 1 aromatic heterocycles. The Bertz CT molecular complexity index is 890. The average molecular weight is 342 g/mol. The maximum atomic E-state index is 12.3. The molecule has 1 atom stereocenters. The van der Waals surface area contributed by atoms with Crippen molar-refractivity contribution >= 4 is 9.84 Å². The van der Waals surface area contributed by atoms with Gasteiger partial charge < -0.3 is 5.32 Å². The molecule has 2 aromatic rings. The van der Waals surface area contributed by atoms with Crippen LogP contribution in [0.3, 0.4) is 0 Å². The van der Waals surface area contributed by atoms with Gasteiger partial charge in [-0.05, 0) is 35.6 Å². The summed E-state index contributed by atoms with van der Waals surface area (Å²) in [4.78, 5) is 4.60. The van der Waals surface area contributed by atoms with Crippen LogP contribution >= 0.6 is 0 Å². The van der Waals surface area contributed by atoms with Crippen molar-refractivity contribution in [1.29, 1.82) is 0 Å². The molecule has 1 unspecified atom stereocenters. The van der Waals surface area contributed by atoms with E-state index in [9.17, 15) is 8.42 Å². The predicted molar refractivity (Wildman–Crippen MR) is 94.8 cm³/mol. The summed E-state index contributed by atoms with van der Waals surface area (Å²) in [5, 5.41) is 3.37. The molecule has 0 bridgehead atoms. The highest BCUT2D eigenvalue weighted by Gasteiger charge is 2.30. The first kappa shape index (κ1) is 15.8. The van der Waals surface area contributed by atoms with Crippen LogP contribution in [0.25, 0.3) is 0 Å². The molecule has 2 aliphatic rings. The van der Waals surface area contributed by atoms with E-state index >= 15 is 0 Å². The lowest BCUT2D eigenvalue weighted by atomic mass is 9.89. The van der Waals surface area contributed by atoms with Crippen LogP contribution in [0.2, 0.25) is 0 Å². The summed E-state index contributed by atoms with van der Waals surface area (Å²) in [6.07, 6.45) is 3.63. The summed E-state index contributed by atoms with van der Waals surface area (Å²) in [6.45, 7) is 3.85. The highest BCUT2D eigenvalue weighted by atomic mass is 32.2. The van der Waals surface area contributed by atoms with Crippen LogP contribution in [0.4, 0.5) is 0 Å². The predicted octanol–water partition coefficient (Wildman–Crippen LogP) is 2.29. The number of benzene rings is 1. The monoisotopic (exact) mass is 342 g/mol. The fraction of sp³-hybridized carbons (Fsp3) is 0.421. The molecule has 24 heavy (non-hydrogen) atoms. The molecule has 4 nitrogen and oxygen atoms in total. The minimum atomic E-state index is -3.03. The molecule has 0 fully saturated rings. The highest BCUT2D eigenvalue weighted by molar-refractivity contribution is 7.90. The van der Waals surface area contributed by atoms with Crippen molar-refractivity contribution in [1.82, 2.24) is 10.3 Å². The molecule has 3 heterocycles. The number of pyridine rings is 1. The van der Waals surface area contributed by atoms with Gasteiger partial charge in [-0.3, -0.25) is 4.98 Å². The van der Waals surface area contributed by atoms with Crippen LogP contribution in [0.5, 0.6) is 0 Å². The molecule has 0 spiro atoms. The quantitative estimate of drug-likeness (QED) is 0.910. The fourth-order valence-electron chi connectivity index (χ4n) is 3.91. The number of aryl methyl sites for hydroxylation is 1. The van der Waals surface area contributed by atoms with Crippen LogP contribution in [0, 0.1) is 6.92 Å². The van der Waals surface area contributed by atoms with Gasteiger partial charge in [0.15, 0.2) is 9.84 Å². The lowest BCUT2D eigenvalue weighted by Crippen LogP contribution is -2.26. The summed E-state index contributed by atoms with van der Waals surface area (Å²) in [5.74, 6) is 0.432. The Labute approximate surface area is 143 Å². The van der Waals surface area contributed by atoms with Crippen molar-refractivity contribution in [2.45, 2.75) is 38.0 Å². The largest absolute Gasteiger partial charge is 0.312 e. The number of hydrogen-bond donors (Lipinski definition) is 1. The molecule has 126 valence electrons. The van der Waals surface area contributed by atoms with Crippen molar-refractivity contribution in [3.63, 3.8) is 0 Å². The van der Waals surface area contributed by atoms with E-state index in [1.54, 1.807) is 0 Å². The Morgan fingerprint density at radius 2 is 2.12 bits per heavy atom. The molecule has 0 radical (unpaired) electrons. The third-order valence-corrected chi connectivity index (χ3v) is 6.68. The molecule has 0 aliphatic carbocycles. The van der Waals surface area contributed by atoms with Gasteiger partial charge in [0, 0.05) is 37.3 Å². The Balaban J connectivity index is 1.67. The molecular weight excluding hydrogens is 320 g/mol. The minimum absolute atomic E-state index is 0.0238. The number of aromatic nitrogens is 1. The van der Waals surface area contributed by atoms with Crippen molar-refractivity contribution in [3.8, 4) is 0 Å². The van der Waals surface area contributed by atoms with E-state index in [4.69, 9.17) is 0 Å². The molecule has 4 rings (SSSR count). The molecule has 5 heteroatoms.